The minimum Gasteiger partial charge on any atom is -0.354 e. The van der Waals surface area contributed by atoms with Crippen molar-refractivity contribution in [2.24, 2.45) is 17.6 Å². The lowest BCUT2D eigenvalue weighted by Gasteiger charge is -2.35. The second-order valence-corrected chi connectivity index (χ2v) is 8.59. The lowest BCUT2D eigenvalue weighted by atomic mass is 9.77. The first-order chi connectivity index (χ1) is 12.3. The zero-order valence-electron chi connectivity index (χ0n) is 16.5. The number of nitrogens with one attached hydrogen (secondary N) is 1. The summed E-state index contributed by atoms with van der Waals surface area (Å²) in [6, 6.07) is 8.25. The molecule has 0 bridgehead atoms. The Morgan fingerprint density at radius 3 is 2.48 bits per heavy atom. The van der Waals surface area contributed by atoms with E-state index in [0.29, 0.717) is 6.54 Å². The standard InChI is InChI=1S/C21H31N3O2.ClH/c1-14-12-15-8-4-7-11-18(15)24(14)20(26)17-10-6-5-9-16(17)19(25)23-13-21(2,3)22;/h4,7-8,11,14,16-17H,5-6,9-10,12-13,22H2,1-3H3,(H,23,25);1H. The second kappa shape index (κ2) is 8.61. The molecule has 3 rings (SSSR count). The van der Waals surface area contributed by atoms with Crippen LogP contribution in [-0.4, -0.2) is 29.9 Å². The normalized spacial score (nSPS) is 24.7. The highest BCUT2D eigenvalue weighted by atomic mass is 35.5. The lowest BCUT2D eigenvalue weighted by molar-refractivity contribution is -0.135. The number of carbonyl (C=O) groups is 2. The maximum atomic E-state index is 13.4. The van der Waals surface area contributed by atoms with Gasteiger partial charge in [0.15, 0.2) is 0 Å². The molecule has 1 heterocycles. The molecule has 27 heavy (non-hydrogen) atoms. The Labute approximate surface area is 168 Å². The van der Waals surface area contributed by atoms with Crippen LogP contribution >= 0.6 is 12.4 Å². The molecule has 0 spiro atoms. The Morgan fingerprint density at radius 1 is 1.19 bits per heavy atom. The van der Waals surface area contributed by atoms with Gasteiger partial charge in [0.25, 0.3) is 0 Å². The minimum atomic E-state index is -0.452. The number of benzene rings is 1. The number of anilines is 1. The van der Waals surface area contributed by atoms with Crippen LogP contribution in [0.2, 0.25) is 0 Å². The summed E-state index contributed by atoms with van der Waals surface area (Å²) >= 11 is 0. The van der Waals surface area contributed by atoms with Crippen molar-refractivity contribution in [1.29, 1.82) is 0 Å². The van der Waals surface area contributed by atoms with Crippen LogP contribution in [0.15, 0.2) is 24.3 Å². The highest BCUT2D eigenvalue weighted by Crippen LogP contribution is 2.38. The zero-order chi connectivity index (χ0) is 18.9. The summed E-state index contributed by atoms with van der Waals surface area (Å²) in [4.78, 5) is 28.1. The summed E-state index contributed by atoms with van der Waals surface area (Å²) in [5, 5.41) is 2.96. The molecule has 0 saturated heterocycles. The van der Waals surface area contributed by atoms with Crippen molar-refractivity contribution in [3.05, 3.63) is 29.8 Å². The van der Waals surface area contributed by atoms with Gasteiger partial charge >= 0.3 is 0 Å². The van der Waals surface area contributed by atoms with Crippen molar-refractivity contribution >= 4 is 29.9 Å². The number of nitrogens with zero attached hydrogens (tertiary/aromatic N) is 1. The Hall–Kier alpha value is -1.59. The van der Waals surface area contributed by atoms with Crippen LogP contribution in [0.1, 0.15) is 52.0 Å². The van der Waals surface area contributed by atoms with E-state index in [9.17, 15) is 9.59 Å². The van der Waals surface area contributed by atoms with Gasteiger partial charge in [0.2, 0.25) is 11.8 Å². The van der Waals surface area contributed by atoms with E-state index in [-0.39, 0.29) is 42.1 Å². The number of hydrogen-bond donors (Lipinski definition) is 2. The largest absolute Gasteiger partial charge is 0.354 e. The van der Waals surface area contributed by atoms with Gasteiger partial charge in [-0.25, -0.2) is 0 Å². The van der Waals surface area contributed by atoms with E-state index in [1.165, 1.54) is 5.56 Å². The number of amides is 2. The van der Waals surface area contributed by atoms with Crippen molar-refractivity contribution in [1.82, 2.24) is 5.32 Å². The summed E-state index contributed by atoms with van der Waals surface area (Å²) in [5.74, 6) is -0.409. The van der Waals surface area contributed by atoms with Crippen LogP contribution in [0.5, 0.6) is 0 Å². The summed E-state index contributed by atoms with van der Waals surface area (Å²) in [6.07, 6.45) is 4.45. The van der Waals surface area contributed by atoms with Crippen LogP contribution in [0.4, 0.5) is 5.69 Å². The number of halogens is 1. The molecule has 0 aromatic heterocycles. The fourth-order valence-corrected chi connectivity index (χ4v) is 4.27. The molecule has 3 unspecified atom stereocenters. The number of para-hydroxylation sites is 1. The van der Waals surface area contributed by atoms with Gasteiger partial charge in [0.1, 0.15) is 0 Å². The molecule has 0 radical (unpaired) electrons. The van der Waals surface area contributed by atoms with Gasteiger partial charge in [0.05, 0.1) is 5.92 Å². The van der Waals surface area contributed by atoms with Gasteiger partial charge in [0, 0.05) is 29.7 Å². The molecule has 1 aromatic carbocycles. The highest BCUT2D eigenvalue weighted by Gasteiger charge is 2.41. The highest BCUT2D eigenvalue weighted by molar-refractivity contribution is 6.00. The topological polar surface area (TPSA) is 75.4 Å². The van der Waals surface area contributed by atoms with E-state index in [1.54, 1.807) is 0 Å². The van der Waals surface area contributed by atoms with Crippen molar-refractivity contribution in [3.8, 4) is 0 Å². The van der Waals surface area contributed by atoms with Crippen molar-refractivity contribution in [3.63, 3.8) is 0 Å². The molecular formula is C21H32ClN3O2. The minimum absolute atomic E-state index is 0. The maximum Gasteiger partial charge on any atom is 0.231 e. The predicted molar refractivity (Wildman–Crippen MR) is 111 cm³/mol. The van der Waals surface area contributed by atoms with Crippen molar-refractivity contribution < 1.29 is 9.59 Å². The van der Waals surface area contributed by atoms with E-state index in [1.807, 2.05) is 36.9 Å². The van der Waals surface area contributed by atoms with Crippen LogP contribution in [-0.2, 0) is 16.0 Å². The SMILES string of the molecule is CC1Cc2ccccc2N1C(=O)C1CCCCC1C(=O)NCC(C)(C)N.Cl. The first-order valence-corrected chi connectivity index (χ1v) is 9.75. The fourth-order valence-electron chi connectivity index (χ4n) is 4.27. The molecule has 3 N–H and O–H groups in total. The molecule has 1 aliphatic heterocycles. The Balaban J connectivity index is 0.00000261. The zero-order valence-corrected chi connectivity index (χ0v) is 17.3. The monoisotopic (exact) mass is 393 g/mol. The van der Waals surface area contributed by atoms with Crippen LogP contribution in [0.25, 0.3) is 0 Å². The molecule has 5 nitrogen and oxygen atoms in total. The van der Waals surface area contributed by atoms with Crippen molar-refractivity contribution in [2.75, 3.05) is 11.4 Å². The van der Waals surface area contributed by atoms with E-state index < -0.39 is 5.54 Å². The molecular weight excluding hydrogens is 362 g/mol. The molecule has 6 heteroatoms. The molecule has 150 valence electrons. The second-order valence-electron chi connectivity index (χ2n) is 8.59. The third-order valence-electron chi connectivity index (χ3n) is 5.58. The van der Waals surface area contributed by atoms with Gasteiger partial charge in [-0.1, -0.05) is 31.0 Å². The average Bonchev–Trinajstić information content (AvgIpc) is 2.94. The molecule has 3 atom stereocenters. The number of rotatable bonds is 4. The predicted octanol–water partition coefficient (Wildman–Crippen LogP) is 3.05. The van der Waals surface area contributed by atoms with E-state index >= 15 is 0 Å². The number of hydrogen-bond acceptors (Lipinski definition) is 3. The third kappa shape index (κ3) is 4.82. The van der Waals surface area contributed by atoms with Crippen LogP contribution < -0.4 is 16.0 Å². The van der Waals surface area contributed by atoms with Gasteiger partial charge in [-0.3, -0.25) is 9.59 Å². The molecule has 1 fully saturated rings. The van der Waals surface area contributed by atoms with Crippen LogP contribution in [0, 0.1) is 11.8 Å². The number of fused-ring (bicyclic) bond motifs is 1. The van der Waals surface area contributed by atoms with Crippen LogP contribution in [0.3, 0.4) is 0 Å². The Bertz CT molecular complexity index is 686. The number of nitrogens with two attached hydrogens (primary N) is 1. The van der Waals surface area contributed by atoms with Gasteiger partial charge in [-0.2, -0.15) is 0 Å². The summed E-state index contributed by atoms with van der Waals surface area (Å²) in [5.41, 5.74) is 7.77. The smallest absolute Gasteiger partial charge is 0.231 e. The third-order valence-corrected chi connectivity index (χ3v) is 5.58. The van der Waals surface area contributed by atoms with E-state index in [2.05, 4.69) is 18.3 Å². The van der Waals surface area contributed by atoms with Gasteiger partial charge in [-0.15, -0.1) is 12.4 Å². The molecule has 2 aliphatic rings. The molecule has 2 amide bonds. The first kappa shape index (κ1) is 21.7. The summed E-state index contributed by atoms with van der Waals surface area (Å²) in [7, 11) is 0. The molecule has 1 aromatic rings. The van der Waals surface area contributed by atoms with Crippen molar-refractivity contribution in [2.45, 2.75) is 64.5 Å². The Kier molecular flexibility index (Phi) is 6.92. The maximum absolute atomic E-state index is 13.4. The molecule has 1 aliphatic carbocycles. The van der Waals surface area contributed by atoms with E-state index in [0.717, 1.165) is 37.8 Å². The quantitative estimate of drug-likeness (QED) is 0.825. The lowest BCUT2D eigenvalue weighted by Crippen LogP contribution is -2.50. The summed E-state index contributed by atoms with van der Waals surface area (Å²) in [6.45, 7) is 6.29. The average molecular weight is 394 g/mol. The molecule has 1 saturated carbocycles. The summed E-state index contributed by atoms with van der Waals surface area (Å²) < 4.78 is 0. The van der Waals surface area contributed by atoms with Gasteiger partial charge < -0.3 is 16.0 Å². The fraction of sp³-hybridized carbons (Fsp3) is 0.619. The van der Waals surface area contributed by atoms with Gasteiger partial charge in [-0.05, 0) is 51.7 Å². The van der Waals surface area contributed by atoms with E-state index in [4.69, 9.17) is 5.73 Å². The first-order valence-electron chi connectivity index (χ1n) is 9.75. The number of carbonyl (C=O) groups excluding carboxylic acids is 2. The Morgan fingerprint density at radius 2 is 1.81 bits per heavy atom.